The van der Waals surface area contributed by atoms with Crippen molar-refractivity contribution in [3.8, 4) is 0 Å². The van der Waals surface area contributed by atoms with Crippen LogP contribution in [0.15, 0.2) is 60.8 Å². The fourth-order valence-corrected chi connectivity index (χ4v) is 5.93. The summed E-state index contributed by atoms with van der Waals surface area (Å²) in [6.07, 6.45) is 55.2. The molecule has 1 atom stereocenters. The number of carboxylic acid groups (broad SMARTS) is 1. The summed E-state index contributed by atoms with van der Waals surface area (Å²) in [5, 5.41) is 8.83. The van der Waals surface area contributed by atoms with Crippen LogP contribution in [0.2, 0.25) is 0 Å². The Morgan fingerprint density at radius 2 is 0.857 bits per heavy atom. The number of unbranched alkanes of at least 4 members (excludes halogenated alkanes) is 18. The van der Waals surface area contributed by atoms with Gasteiger partial charge in [-0.1, -0.05) is 152 Å². The van der Waals surface area contributed by atoms with Crippen molar-refractivity contribution in [3.05, 3.63) is 60.8 Å². The average Bonchev–Trinajstić information content (AvgIpc) is 3.09. The summed E-state index contributed by atoms with van der Waals surface area (Å²) in [5.74, 6) is -0.738. The molecule has 282 valence electrons. The highest BCUT2D eigenvalue weighted by Crippen LogP contribution is 2.18. The van der Waals surface area contributed by atoms with Gasteiger partial charge >= 0.3 is 11.9 Å². The van der Waals surface area contributed by atoms with E-state index in [0.29, 0.717) is 6.42 Å². The number of allylic oxidation sites excluding steroid dienone is 10. The predicted octanol–water partition coefficient (Wildman–Crippen LogP) is 14.5. The topological polar surface area (TPSA) is 63.6 Å². The molecule has 0 amide bonds. The van der Waals surface area contributed by atoms with Crippen molar-refractivity contribution in [3.63, 3.8) is 0 Å². The van der Waals surface area contributed by atoms with Gasteiger partial charge in [-0.25, -0.2) is 0 Å². The molecular formula is C45H78O4. The first-order chi connectivity index (χ1) is 24.1. The zero-order valence-electron chi connectivity index (χ0n) is 32.2. The number of hydrogen-bond donors (Lipinski definition) is 1. The second-order valence-electron chi connectivity index (χ2n) is 13.8. The first kappa shape index (κ1) is 46.6. The third-order valence-electron chi connectivity index (χ3n) is 8.97. The molecule has 0 aromatic carbocycles. The van der Waals surface area contributed by atoms with Crippen LogP contribution in [0.25, 0.3) is 0 Å². The Morgan fingerprint density at radius 3 is 1.39 bits per heavy atom. The van der Waals surface area contributed by atoms with Crippen molar-refractivity contribution >= 4 is 11.9 Å². The molecule has 1 N–H and O–H groups in total. The normalized spacial score (nSPS) is 12.9. The molecule has 0 radical (unpaired) electrons. The van der Waals surface area contributed by atoms with Crippen LogP contribution >= 0.6 is 0 Å². The SMILES string of the molecule is CC/C=C\C/C=C\C/C=C\C/C=C\CCCCC(CCCCCCCC(=O)O)OC(=O)CCCCCCC/C=C\CCCCCCCCC. The fourth-order valence-electron chi connectivity index (χ4n) is 5.93. The minimum atomic E-state index is -0.709. The molecule has 0 fully saturated rings. The lowest BCUT2D eigenvalue weighted by Gasteiger charge is -2.18. The standard InChI is InChI=1S/C45H78O4/c1-3-5-7-9-11-13-15-17-19-21-23-25-27-29-34-38-42-45(48)49-43(40-36-32-30-33-37-41-44(46)47)39-35-31-28-26-24-22-20-18-16-14-12-10-8-6-4-2/h6,8,12,14,18-21,24,26,43H,3-5,7,9-11,13,15-17,22-23,25,27-42H2,1-2H3,(H,46,47)/b8-6-,14-12-,20-18-,21-19-,26-24-. The second-order valence-corrected chi connectivity index (χ2v) is 13.8. The Labute approximate surface area is 304 Å². The van der Waals surface area contributed by atoms with E-state index >= 15 is 0 Å². The molecule has 0 spiro atoms. The zero-order chi connectivity index (χ0) is 35.7. The number of carboxylic acids is 1. The fraction of sp³-hybridized carbons (Fsp3) is 0.733. The molecule has 0 saturated heterocycles. The van der Waals surface area contributed by atoms with Crippen LogP contribution in [0.3, 0.4) is 0 Å². The summed E-state index contributed by atoms with van der Waals surface area (Å²) in [5.41, 5.74) is 0. The van der Waals surface area contributed by atoms with Crippen LogP contribution in [-0.2, 0) is 14.3 Å². The van der Waals surface area contributed by atoms with Crippen LogP contribution in [0, 0.1) is 0 Å². The van der Waals surface area contributed by atoms with Gasteiger partial charge in [0.05, 0.1) is 0 Å². The highest BCUT2D eigenvalue weighted by atomic mass is 16.5. The molecule has 0 rings (SSSR count). The van der Waals surface area contributed by atoms with E-state index in [2.05, 4.69) is 74.6 Å². The van der Waals surface area contributed by atoms with Crippen molar-refractivity contribution < 1.29 is 19.4 Å². The van der Waals surface area contributed by atoms with Crippen molar-refractivity contribution in [1.82, 2.24) is 0 Å². The van der Waals surface area contributed by atoms with E-state index < -0.39 is 5.97 Å². The van der Waals surface area contributed by atoms with Gasteiger partial charge in [0, 0.05) is 12.8 Å². The van der Waals surface area contributed by atoms with E-state index in [1.165, 1.54) is 77.0 Å². The van der Waals surface area contributed by atoms with Gasteiger partial charge in [0.25, 0.3) is 0 Å². The number of aliphatic carboxylic acids is 1. The summed E-state index contributed by atoms with van der Waals surface area (Å²) in [4.78, 5) is 23.4. The molecule has 4 nitrogen and oxygen atoms in total. The average molecular weight is 683 g/mol. The molecule has 0 aliphatic rings. The number of carbonyl (C=O) groups excluding carboxylic acids is 1. The van der Waals surface area contributed by atoms with Crippen molar-refractivity contribution in [2.75, 3.05) is 0 Å². The lowest BCUT2D eigenvalue weighted by atomic mass is 10.0. The van der Waals surface area contributed by atoms with Gasteiger partial charge in [-0.3, -0.25) is 9.59 Å². The van der Waals surface area contributed by atoms with Crippen molar-refractivity contribution in [2.24, 2.45) is 0 Å². The van der Waals surface area contributed by atoms with Crippen LogP contribution in [0.4, 0.5) is 0 Å². The lowest BCUT2D eigenvalue weighted by Crippen LogP contribution is -2.18. The highest BCUT2D eigenvalue weighted by Gasteiger charge is 2.14. The molecule has 0 aromatic heterocycles. The summed E-state index contributed by atoms with van der Waals surface area (Å²) in [6.45, 7) is 4.43. The van der Waals surface area contributed by atoms with Gasteiger partial charge in [0.2, 0.25) is 0 Å². The molecule has 1 unspecified atom stereocenters. The maximum atomic E-state index is 12.7. The first-order valence-electron chi connectivity index (χ1n) is 20.8. The molecule has 4 heteroatoms. The maximum Gasteiger partial charge on any atom is 0.306 e. The predicted molar refractivity (Wildman–Crippen MR) is 213 cm³/mol. The summed E-state index contributed by atoms with van der Waals surface area (Å²) < 4.78 is 5.99. The third-order valence-corrected chi connectivity index (χ3v) is 8.97. The van der Waals surface area contributed by atoms with Gasteiger partial charge in [-0.2, -0.15) is 0 Å². The molecule has 0 aliphatic heterocycles. The van der Waals surface area contributed by atoms with Gasteiger partial charge in [0.1, 0.15) is 6.10 Å². The minimum Gasteiger partial charge on any atom is -0.481 e. The Kier molecular flexibility index (Phi) is 38.1. The maximum absolute atomic E-state index is 12.7. The van der Waals surface area contributed by atoms with Gasteiger partial charge in [-0.15, -0.1) is 0 Å². The molecule has 0 heterocycles. The minimum absolute atomic E-state index is 0.0109. The van der Waals surface area contributed by atoms with E-state index in [0.717, 1.165) is 103 Å². The van der Waals surface area contributed by atoms with Gasteiger partial charge < -0.3 is 9.84 Å². The lowest BCUT2D eigenvalue weighted by molar-refractivity contribution is -0.150. The van der Waals surface area contributed by atoms with Gasteiger partial charge in [-0.05, 0) is 103 Å². The van der Waals surface area contributed by atoms with Crippen molar-refractivity contribution in [2.45, 2.75) is 213 Å². The number of rotatable bonds is 37. The molecular weight excluding hydrogens is 604 g/mol. The quantitative estimate of drug-likeness (QED) is 0.0402. The summed E-state index contributed by atoms with van der Waals surface area (Å²) >= 11 is 0. The number of carbonyl (C=O) groups is 2. The third kappa shape index (κ3) is 40.0. The highest BCUT2D eigenvalue weighted by molar-refractivity contribution is 5.69. The van der Waals surface area contributed by atoms with Crippen LogP contribution in [0.5, 0.6) is 0 Å². The molecule has 0 aromatic rings. The largest absolute Gasteiger partial charge is 0.481 e. The smallest absolute Gasteiger partial charge is 0.306 e. The Hall–Kier alpha value is -2.36. The number of hydrogen-bond acceptors (Lipinski definition) is 3. The zero-order valence-corrected chi connectivity index (χ0v) is 32.2. The summed E-state index contributed by atoms with van der Waals surface area (Å²) in [6, 6.07) is 0. The molecule has 49 heavy (non-hydrogen) atoms. The molecule has 0 aliphatic carbocycles. The van der Waals surface area contributed by atoms with Crippen LogP contribution in [-0.4, -0.2) is 23.1 Å². The first-order valence-corrected chi connectivity index (χ1v) is 20.8. The monoisotopic (exact) mass is 683 g/mol. The van der Waals surface area contributed by atoms with E-state index in [-0.39, 0.29) is 18.5 Å². The Balaban J connectivity index is 4.15. The van der Waals surface area contributed by atoms with E-state index in [1.54, 1.807) is 0 Å². The molecule has 0 saturated carbocycles. The van der Waals surface area contributed by atoms with Gasteiger partial charge in [0.15, 0.2) is 0 Å². The molecule has 0 bridgehead atoms. The second kappa shape index (κ2) is 40.1. The Morgan fingerprint density at radius 1 is 0.469 bits per heavy atom. The van der Waals surface area contributed by atoms with Crippen LogP contribution < -0.4 is 0 Å². The van der Waals surface area contributed by atoms with E-state index in [1.807, 2.05) is 0 Å². The van der Waals surface area contributed by atoms with Crippen LogP contribution in [0.1, 0.15) is 206 Å². The van der Waals surface area contributed by atoms with E-state index in [4.69, 9.17) is 9.84 Å². The summed E-state index contributed by atoms with van der Waals surface area (Å²) in [7, 11) is 0. The number of ether oxygens (including phenoxy) is 1. The number of esters is 1. The van der Waals surface area contributed by atoms with E-state index in [9.17, 15) is 9.59 Å². The van der Waals surface area contributed by atoms with Crippen molar-refractivity contribution in [1.29, 1.82) is 0 Å². The Bertz CT molecular complexity index is 865.